The van der Waals surface area contributed by atoms with Crippen LogP contribution in [0.4, 0.5) is 22.1 Å². The van der Waals surface area contributed by atoms with E-state index in [0.717, 1.165) is 16.8 Å². The van der Waals surface area contributed by atoms with Crippen LogP contribution in [0.1, 0.15) is 5.56 Å². The number of hydrogen-bond acceptors (Lipinski definition) is 6. The molecule has 0 unspecified atom stereocenters. The summed E-state index contributed by atoms with van der Waals surface area (Å²) in [5, 5.41) is 8.55. The second kappa shape index (κ2) is 9.57. The summed E-state index contributed by atoms with van der Waals surface area (Å²) in [7, 11) is 1.76. The molecule has 2 aromatic carbocycles. The van der Waals surface area contributed by atoms with Crippen LogP contribution in [0.2, 0.25) is 0 Å². The number of urea groups is 1. The molecule has 0 aliphatic heterocycles. The normalized spacial score (nSPS) is 10.3. The van der Waals surface area contributed by atoms with E-state index in [1.807, 2.05) is 55.5 Å². The fourth-order valence-corrected chi connectivity index (χ4v) is 3.06. The van der Waals surface area contributed by atoms with Crippen molar-refractivity contribution in [1.29, 1.82) is 0 Å². The highest BCUT2D eigenvalue weighted by molar-refractivity contribution is 5.99. The van der Waals surface area contributed by atoms with Crippen molar-refractivity contribution in [3.05, 3.63) is 84.7 Å². The number of amides is 2. The lowest BCUT2D eigenvalue weighted by molar-refractivity contribution is 0.262. The number of carbonyl (C=O) groups is 1. The molecule has 160 valence electrons. The highest BCUT2D eigenvalue weighted by Crippen LogP contribution is 2.32. The third-order valence-corrected chi connectivity index (χ3v) is 4.60. The number of anilines is 3. The van der Waals surface area contributed by atoms with Gasteiger partial charge in [-0.25, -0.2) is 19.7 Å². The van der Waals surface area contributed by atoms with E-state index < -0.39 is 0 Å². The molecule has 3 N–H and O–H groups in total. The molecule has 0 aliphatic rings. The lowest BCUT2D eigenvalue weighted by Crippen LogP contribution is -2.19. The van der Waals surface area contributed by atoms with Crippen molar-refractivity contribution in [3.63, 3.8) is 0 Å². The molecule has 0 fully saturated rings. The molecule has 0 atom stereocenters. The molecule has 4 rings (SSSR count). The molecule has 0 aliphatic carbocycles. The monoisotopic (exact) mass is 426 g/mol. The van der Waals surface area contributed by atoms with Crippen molar-refractivity contribution in [1.82, 2.24) is 15.0 Å². The van der Waals surface area contributed by atoms with Gasteiger partial charge in [0.1, 0.15) is 5.75 Å². The number of aromatic nitrogens is 3. The van der Waals surface area contributed by atoms with Crippen LogP contribution in [0.5, 0.6) is 11.6 Å². The maximum atomic E-state index is 12.2. The third kappa shape index (κ3) is 4.99. The highest BCUT2D eigenvalue weighted by Gasteiger charge is 2.13. The Morgan fingerprint density at radius 3 is 2.47 bits per heavy atom. The Hall–Kier alpha value is -4.46. The van der Waals surface area contributed by atoms with E-state index in [1.165, 1.54) is 0 Å². The Labute approximate surface area is 185 Å². The fourth-order valence-electron chi connectivity index (χ4n) is 3.06. The van der Waals surface area contributed by atoms with Crippen molar-refractivity contribution >= 4 is 23.4 Å². The van der Waals surface area contributed by atoms with Gasteiger partial charge in [-0.05, 0) is 61.0 Å². The molecule has 8 heteroatoms. The van der Waals surface area contributed by atoms with Crippen LogP contribution >= 0.6 is 0 Å². The number of pyridine rings is 1. The van der Waals surface area contributed by atoms with Crippen molar-refractivity contribution in [2.75, 3.05) is 23.0 Å². The molecular formula is C24H22N6O2. The van der Waals surface area contributed by atoms with Crippen LogP contribution in [-0.4, -0.2) is 28.0 Å². The third-order valence-electron chi connectivity index (χ3n) is 4.60. The van der Waals surface area contributed by atoms with E-state index in [1.54, 1.807) is 37.6 Å². The van der Waals surface area contributed by atoms with Gasteiger partial charge >= 0.3 is 6.03 Å². The minimum absolute atomic E-state index is 0.319. The maximum Gasteiger partial charge on any atom is 0.323 e. The molecule has 0 saturated heterocycles. The van der Waals surface area contributed by atoms with Crippen LogP contribution in [0, 0.1) is 6.92 Å². The highest BCUT2D eigenvalue weighted by atomic mass is 16.5. The average molecular weight is 426 g/mol. The summed E-state index contributed by atoms with van der Waals surface area (Å²) in [6, 6.07) is 19.9. The van der Waals surface area contributed by atoms with Gasteiger partial charge in [0.15, 0.2) is 0 Å². The van der Waals surface area contributed by atoms with Gasteiger partial charge in [0.25, 0.3) is 0 Å². The summed E-state index contributed by atoms with van der Waals surface area (Å²) >= 11 is 0. The van der Waals surface area contributed by atoms with Gasteiger partial charge in [-0.15, -0.1) is 0 Å². The van der Waals surface area contributed by atoms with Gasteiger partial charge in [0.05, 0.1) is 11.3 Å². The van der Waals surface area contributed by atoms with E-state index in [2.05, 4.69) is 30.9 Å². The lowest BCUT2D eigenvalue weighted by Gasteiger charge is -2.13. The zero-order chi connectivity index (χ0) is 22.3. The first-order valence-corrected chi connectivity index (χ1v) is 10.00. The Bertz CT molecular complexity index is 1230. The van der Waals surface area contributed by atoms with Crippen LogP contribution in [0.15, 0.2) is 79.1 Å². The summed E-state index contributed by atoms with van der Waals surface area (Å²) in [5.41, 5.74) is 3.66. The SMILES string of the molecule is CNc1nccc(-c2cccnc2Oc2ccc(NC(=O)Nc3ccccc3)cc2C)n1. The van der Waals surface area contributed by atoms with Crippen LogP contribution in [0.25, 0.3) is 11.3 Å². The van der Waals surface area contributed by atoms with Crippen molar-refractivity contribution in [3.8, 4) is 22.9 Å². The van der Waals surface area contributed by atoms with E-state index in [0.29, 0.717) is 29.0 Å². The van der Waals surface area contributed by atoms with Gasteiger partial charge in [0.2, 0.25) is 11.8 Å². The Morgan fingerprint density at radius 1 is 0.875 bits per heavy atom. The van der Waals surface area contributed by atoms with Crippen LogP contribution in [0.3, 0.4) is 0 Å². The summed E-state index contributed by atoms with van der Waals surface area (Å²) in [4.78, 5) is 25.2. The average Bonchev–Trinajstić information content (AvgIpc) is 2.82. The van der Waals surface area contributed by atoms with Crippen LogP contribution < -0.4 is 20.7 Å². The Kier molecular flexibility index (Phi) is 6.22. The predicted molar refractivity (Wildman–Crippen MR) is 125 cm³/mol. The van der Waals surface area contributed by atoms with Gasteiger partial charge in [-0.1, -0.05) is 18.2 Å². The molecule has 4 aromatic rings. The Morgan fingerprint density at radius 2 is 1.69 bits per heavy atom. The standard InChI is InChI=1S/C24H22N6O2/c1-16-15-18(29-24(31)28-17-7-4-3-5-8-17)10-11-21(16)32-22-19(9-6-13-26-22)20-12-14-27-23(25-2)30-20/h3-15H,1-2H3,(H,25,27,30)(H2,28,29,31). The summed E-state index contributed by atoms with van der Waals surface area (Å²) < 4.78 is 6.10. The summed E-state index contributed by atoms with van der Waals surface area (Å²) in [6.45, 7) is 1.90. The van der Waals surface area contributed by atoms with Gasteiger partial charge in [0, 0.05) is 30.8 Å². The van der Waals surface area contributed by atoms with E-state index >= 15 is 0 Å². The minimum atomic E-state index is -0.319. The topological polar surface area (TPSA) is 101 Å². The van der Waals surface area contributed by atoms with Crippen molar-refractivity contribution in [2.45, 2.75) is 6.92 Å². The number of ether oxygens (including phenoxy) is 1. The molecule has 2 aromatic heterocycles. The van der Waals surface area contributed by atoms with E-state index in [9.17, 15) is 4.79 Å². The largest absolute Gasteiger partial charge is 0.438 e. The van der Waals surface area contributed by atoms with Crippen molar-refractivity contribution < 1.29 is 9.53 Å². The second-order valence-corrected chi connectivity index (χ2v) is 6.90. The molecule has 32 heavy (non-hydrogen) atoms. The maximum absolute atomic E-state index is 12.2. The minimum Gasteiger partial charge on any atom is -0.438 e. The van der Waals surface area contributed by atoms with Crippen molar-refractivity contribution in [2.24, 2.45) is 0 Å². The Balaban J connectivity index is 1.50. The molecule has 0 spiro atoms. The van der Waals surface area contributed by atoms with Gasteiger partial charge in [-0.2, -0.15) is 0 Å². The smallest absolute Gasteiger partial charge is 0.323 e. The molecule has 0 bridgehead atoms. The predicted octanol–water partition coefficient (Wildman–Crippen LogP) is 5.33. The quantitative estimate of drug-likeness (QED) is 0.385. The number of nitrogens with one attached hydrogen (secondary N) is 3. The molecule has 0 radical (unpaired) electrons. The fraction of sp³-hybridized carbons (Fsp3) is 0.0833. The van der Waals surface area contributed by atoms with Gasteiger partial charge < -0.3 is 20.7 Å². The first-order chi connectivity index (χ1) is 15.6. The number of nitrogens with zero attached hydrogens (tertiary/aromatic N) is 3. The number of rotatable bonds is 6. The van der Waals surface area contributed by atoms with E-state index in [-0.39, 0.29) is 6.03 Å². The summed E-state index contributed by atoms with van der Waals surface area (Å²) in [5.74, 6) is 1.57. The molecule has 0 saturated carbocycles. The first kappa shape index (κ1) is 20.8. The molecule has 8 nitrogen and oxygen atoms in total. The van der Waals surface area contributed by atoms with Crippen LogP contribution in [-0.2, 0) is 0 Å². The number of para-hydroxylation sites is 1. The molecule has 2 heterocycles. The molecule has 2 amide bonds. The zero-order valence-corrected chi connectivity index (χ0v) is 17.7. The number of carbonyl (C=O) groups excluding carboxylic acids is 1. The number of benzene rings is 2. The number of hydrogen-bond donors (Lipinski definition) is 3. The molecular weight excluding hydrogens is 404 g/mol. The zero-order valence-electron chi connectivity index (χ0n) is 17.7. The second-order valence-electron chi connectivity index (χ2n) is 6.90. The summed E-state index contributed by atoms with van der Waals surface area (Å²) in [6.07, 6.45) is 3.34. The number of aryl methyl sites for hydroxylation is 1. The van der Waals surface area contributed by atoms with E-state index in [4.69, 9.17) is 4.74 Å². The van der Waals surface area contributed by atoms with Gasteiger partial charge in [-0.3, -0.25) is 0 Å². The lowest BCUT2D eigenvalue weighted by atomic mass is 10.2. The first-order valence-electron chi connectivity index (χ1n) is 10.00.